The number of nitrogens with one attached hydrogen (secondary N) is 1. The fourth-order valence-electron chi connectivity index (χ4n) is 2.15. The third-order valence-electron chi connectivity index (χ3n) is 3.48. The lowest BCUT2D eigenvalue weighted by Gasteiger charge is -2.18. The molecule has 1 N–H and O–H groups in total. The molecule has 0 saturated carbocycles. The van der Waals surface area contributed by atoms with Crippen LogP contribution >= 0.6 is 0 Å². The number of pyridine rings is 1. The second kappa shape index (κ2) is 7.54. The number of nitro groups is 1. The van der Waals surface area contributed by atoms with Crippen molar-refractivity contribution in [1.82, 2.24) is 10.3 Å². The van der Waals surface area contributed by atoms with Gasteiger partial charge in [-0.2, -0.15) is 0 Å². The molecule has 0 saturated heterocycles. The molecule has 0 aliphatic rings. The van der Waals surface area contributed by atoms with E-state index in [4.69, 9.17) is 4.74 Å². The number of nitrogens with zero attached hydrogens (tertiary/aromatic N) is 2. The van der Waals surface area contributed by atoms with E-state index in [1.165, 1.54) is 13.0 Å². The summed E-state index contributed by atoms with van der Waals surface area (Å²) in [6.07, 6.45) is -0.889. The zero-order valence-corrected chi connectivity index (χ0v) is 13.7. The Hall–Kier alpha value is -2.96. The molecule has 24 heavy (non-hydrogen) atoms. The van der Waals surface area contributed by atoms with Gasteiger partial charge >= 0.3 is 5.82 Å². The van der Waals surface area contributed by atoms with Gasteiger partial charge < -0.3 is 20.2 Å². The first kappa shape index (κ1) is 17.4. The Labute approximate surface area is 139 Å². The molecule has 7 nitrogen and oxygen atoms in total. The molecule has 2 atom stereocenters. The molecule has 2 rings (SSSR count). The largest absolute Gasteiger partial charge is 0.473 e. The van der Waals surface area contributed by atoms with Crippen LogP contribution < -0.4 is 10.1 Å². The second-order valence-electron chi connectivity index (χ2n) is 5.43. The predicted molar refractivity (Wildman–Crippen MR) is 88.7 cm³/mol. The first-order chi connectivity index (χ1) is 11.4. The average molecular weight is 329 g/mol. The van der Waals surface area contributed by atoms with Crippen molar-refractivity contribution in [2.45, 2.75) is 32.9 Å². The van der Waals surface area contributed by atoms with Gasteiger partial charge in [0.2, 0.25) is 5.75 Å². The highest BCUT2D eigenvalue weighted by Gasteiger charge is 2.23. The van der Waals surface area contributed by atoms with E-state index < -0.39 is 16.8 Å². The lowest BCUT2D eigenvalue weighted by atomic mass is 10.1. The first-order valence-electron chi connectivity index (χ1n) is 7.52. The smallest absolute Gasteiger partial charge is 0.406 e. The fraction of sp³-hybridized carbons (Fsp3) is 0.294. The van der Waals surface area contributed by atoms with Crippen molar-refractivity contribution in [3.05, 3.63) is 63.8 Å². The molecule has 0 fully saturated rings. The quantitative estimate of drug-likeness (QED) is 0.649. The first-order valence-corrected chi connectivity index (χ1v) is 7.52. The van der Waals surface area contributed by atoms with Crippen molar-refractivity contribution >= 4 is 11.7 Å². The minimum atomic E-state index is -0.889. The van der Waals surface area contributed by atoms with Gasteiger partial charge in [0.05, 0.1) is 6.04 Å². The van der Waals surface area contributed by atoms with Crippen molar-refractivity contribution in [2.24, 2.45) is 0 Å². The highest BCUT2D eigenvalue weighted by atomic mass is 16.6. The Morgan fingerprint density at radius 3 is 2.50 bits per heavy atom. The number of hydrogen-bond acceptors (Lipinski definition) is 5. The molecular formula is C17H19N3O4. The third-order valence-corrected chi connectivity index (χ3v) is 3.48. The van der Waals surface area contributed by atoms with E-state index in [1.54, 1.807) is 13.0 Å². The highest BCUT2D eigenvalue weighted by molar-refractivity contribution is 5.81. The predicted octanol–water partition coefficient (Wildman–Crippen LogP) is 2.94. The lowest BCUT2D eigenvalue weighted by Crippen LogP contribution is -2.37. The van der Waals surface area contributed by atoms with E-state index in [1.807, 2.05) is 37.3 Å². The summed E-state index contributed by atoms with van der Waals surface area (Å²) >= 11 is 0. The Kier molecular flexibility index (Phi) is 5.47. The van der Waals surface area contributed by atoms with Crippen LogP contribution in [0, 0.1) is 17.0 Å². The fourth-order valence-corrected chi connectivity index (χ4v) is 2.15. The minimum Gasteiger partial charge on any atom is -0.473 e. The molecule has 0 spiro atoms. The van der Waals surface area contributed by atoms with E-state index >= 15 is 0 Å². The van der Waals surface area contributed by atoms with Crippen molar-refractivity contribution < 1.29 is 14.5 Å². The molecule has 0 unspecified atom stereocenters. The molecule has 0 radical (unpaired) electrons. The molecule has 1 heterocycles. The van der Waals surface area contributed by atoms with Gasteiger partial charge in [-0.05, 0) is 41.5 Å². The number of aryl methyl sites for hydroxylation is 1. The molecule has 1 amide bonds. The van der Waals surface area contributed by atoms with Crippen LogP contribution in [-0.4, -0.2) is 21.9 Å². The lowest BCUT2D eigenvalue weighted by molar-refractivity contribution is -0.390. The summed E-state index contributed by atoms with van der Waals surface area (Å²) in [5.74, 6) is -0.785. The van der Waals surface area contributed by atoms with Crippen LogP contribution in [0.15, 0.2) is 42.5 Å². The van der Waals surface area contributed by atoms with Gasteiger partial charge in [0.15, 0.2) is 6.10 Å². The summed E-state index contributed by atoms with van der Waals surface area (Å²) < 4.78 is 5.44. The Morgan fingerprint density at radius 2 is 1.88 bits per heavy atom. The summed E-state index contributed by atoms with van der Waals surface area (Å²) in [5.41, 5.74) is 1.46. The molecule has 0 bridgehead atoms. The third kappa shape index (κ3) is 4.28. The molecule has 126 valence electrons. The van der Waals surface area contributed by atoms with E-state index in [0.717, 1.165) is 5.56 Å². The molecule has 1 aromatic carbocycles. The number of carbonyl (C=O) groups excluding carboxylic acids is 1. The second-order valence-corrected chi connectivity index (χ2v) is 5.43. The topological polar surface area (TPSA) is 94.4 Å². The summed E-state index contributed by atoms with van der Waals surface area (Å²) in [7, 11) is 0. The Morgan fingerprint density at radius 1 is 1.21 bits per heavy atom. The maximum absolute atomic E-state index is 12.3. The van der Waals surface area contributed by atoms with Gasteiger partial charge in [-0.25, -0.2) is 0 Å². The number of rotatable bonds is 6. The number of hydrogen-bond donors (Lipinski definition) is 1. The van der Waals surface area contributed by atoms with Crippen molar-refractivity contribution in [3.8, 4) is 5.75 Å². The minimum absolute atomic E-state index is 0.0272. The average Bonchev–Trinajstić information content (AvgIpc) is 2.56. The van der Waals surface area contributed by atoms with Crippen molar-refractivity contribution in [3.63, 3.8) is 0 Å². The summed E-state index contributed by atoms with van der Waals surface area (Å²) in [4.78, 5) is 26.5. The van der Waals surface area contributed by atoms with Gasteiger partial charge in [0.25, 0.3) is 5.91 Å². The Balaban J connectivity index is 2.06. The van der Waals surface area contributed by atoms with Gasteiger partial charge in [0, 0.05) is 6.92 Å². The molecule has 7 heteroatoms. The van der Waals surface area contributed by atoms with Gasteiger partial charge in [-0.3, -0.25) is 4.79 Å². The monoisotopic (exact) mass is 329 g/mol. The number of ether oxygens (including phenoxy) is 1. The van der Waals surface area contributed by atoms with E-state index in [9.17, 15) is 14.9 Å². The van der Waals surface area contributed by atoms with Crippen LogP contribution in [0.25, 0.3) is 0 Å². The summed E-state index contributed by atoms with van der Waals surface area (Å²) in [5, 5.41) is 13.9. The number of amides is 1. The SMILES string of the molecule is Cc1ccc(O[C@H](C)C(=O)N[C@H](C)c2ccccc2)c([N+](=O)[O-])n1. The van der Waals surface area contributed by atoms with Gasteiger partial charge in [-0.15, -0.1) is 0 Å². The van der Waals surface area contributed by atoms with Crippen LogP contribution in [-0.2, 0) is 4.79 Å². The van der Waals surface area contributed by atoms with Crippen LogP contribution in [0.2, 0.25) is 0 Å². The normalized spacial score (nSPS) is 13.0. The zero-order chi connectivity index (χ0) is 17.7. The number of carbonyl (C=O) groups is 1. The molecule has 0 aliphatic heterocycles. The van der Waals surface area contributed by atoms with Gasteiger partial charge in [-0.1, -0.05) is 30.3 Å². The van der Waals surface area contributed by atoms with Crippen LogP contribution in [0.4, 0.5) is 5.82 Å². The number of aromatic nitrogens is 1. The maximum atomic E-state index is 12.3. The number of benzene rings is 1. The maximum Gasteiger partial charge on any atom is 0.406 e. The van der Waals surface area contributed by atoms with Crippen LogP contribution in [0.1, 0.15) is 31.1 Å². The summed E-state index contributed by atoms with van der Waals surface area (Å²) in [6, 6.07) is 12.3. The van der Waals surface area contributed by atoms with Gasteiger partial charge in [0.1, 0.15) is 5.69 Å². The standard InChI is InChI=1S/C17H19N3O4/c1-11-9-10-15(16(18-11)20(22)23)24-13(3)17(21)19-12(2)14-7-5-4-6-8-14/h4-10,12-13H,1-3H3,(H,19,21)/t12-,13-/m1/s1. The Bertz CT molecular complexity index is 734. The van der Waals surface area contributed by atoms with Crippen molar-refractivity contribution in [2.75, 3.05) is 0 Å². The molecular weight excluding hydrogens is 310 g/mol. The van der Waals surface area contributed by atoms with Crippen LogP contribution in [0.3, 0.4) is 0 Å². The van der Waals surface area contributed by atoms with Crippen LogP contribution in [0.5, 0.6) is 5.75 Å². The molecule has 1 aromatic heterocycles. The van der Waals surface area contributed by atoms with E-state index in [2.05, 4.69) is 10.3 Å². The van der Waals surface area contributed by atoms with Crippen molar-refractivity contribution in [1.29, 1.82) is 0 Å². The van der Waals surface area contributed by atoms with E-state index in [0.29, 0.717) is 5.69 Å². The zero-order valence-electron chi connectivity index (χ0n) is 13.7. The molecule has 2 aromatic rings. The van der Waals surface area contributed by atoms with E-state index in [-0.39, 0.29) is 17.7 Å². The molecule has 0 aliphatic carbocycles. The summed E-state index contributed by atoms with van der Waals surface area (Å²) in [6.45, 7) is 5.04. The highest BCUT2D eigenvalue weighted by Crippen LogP contribution is 2.25.